The molecule has 2 aromatic rings. The van der Waals surface area contributed by atoms with E-state index in [4.69, 9.17) is 0 Å². The van der Waals surface area contributed by atoms with Crippen LogP contribution in [0, 0.1) is 0 Å². The van der Waals surface area contributed by atoms with E-state index >= 15 is 0 Å². The van der Waals surface area contributed by atoms with Gasteiger partial charge < -0.3 is 10.6 Å². The summed E-state index contributed by atoms with van der Waals surface area (Å²) in [5.74, 6) is -0.892. The van der Waals surface area contributed by atoms with E-state index in [1.165, 1.54) is 4.31 Å². The van der Waals surface area contributed by atoms with Crippen molar-refractivity contribution in [1.82, 2.24) is 14.9 Å². The van der Waals surface area contributed by atoms with Crippen molar-refractivity contribution in [3.05, 3.63) is 84.4 Å². The van der Waals surface area contributed by atoms with Crippen LogP contribution < -0.4 is 10.6 Å². The Morgan fingerprint density at radius 1 is 1.03 bits per heavy atom. The highest BCUT2D eigenvalue weighted by molar-refractivity contribution is 7.88. The van der Waals surface area contributed by atoms with E-state index in [2.05, 4.69) is 17.2 Å². The topological polar surface area (TPSA) is 95.6 Å². The predicted molar refractivity (Wildman–Crippen MR) is 133 cm³/mol. The van der Waals surface area contributed by atoms with Gasteiger partial charge in [-0.2, -0.15) is 4.31 Å². The minimum atomic E-state index is -3.70. The Morgan fingerprint density at radius 3 is 2.32 bits per heavy atom. The summed E-state index contributed by atoms with van der Waals surface area (Å²) in [6, 6.07) is 17.1. The maximum absolute atomic E-state index is 13.3. The predicted octanol–water partition coefficient (Wildman–Crippen LogP) is 2.79. The maximum Gasteiger partial charge on any atom is 0.242 e. The van der Waals surface area contributed by atoms with Gasteiger partial charge in [0.2, 0.25) is 21.8 Å². The zero-order valence-corrected chi connectivity index (χ0v) is 20.2. The molecule has 2 aromatic carbocycles. The molecular weight excluding hydrogens is 450 g/mol. The second kappa shape index (κ2) is 12.5. The molecule has 0 unspecified atom stereocenters. The monoisotopic (exact) mass is 483 g/mol. The van der Waals surface area contributed by atoms with Gasteiger partial charge in [0.25, 0.3) is 0 Å². The number of benzene rings is 2. The van der Waals surface area contributed by atoms with Crippen LogP contribution in [0.4, 0.5) is 0 Å². The number of hydrogen-bond donors (Lipinski definition) is 2. The van der Waals surface area contributed by atoms with E-state index in [-0.39, 0.29) is 18.2 Å². The molecular formula is C26H33N3O4S. The van der Waals surface area contributed by atoms with Crippen LogP contribution in [0.1, 0.15) is 36.8 Å². The molecule has 0 bridgehead atoms. The van der Waals surface area contributed by atoms with Crippen LogP contribution in [0.25, 0.3) is 0 Å². The third-order valence-corrected chi connectivity index (χ3v) is 7.77. The fourth-order valence-corrected chi connectivity index (χ4v) is 5.93. The number of piperidine rings is 1. The first-order valence-corrected chi connectivity index (χ1v) is 13.3. The molecule has 2 amide bonds. The number of nitrogens with one attached hydrogen (secondary N) is 2. The summed E-state index contributed by atoms with van der Waals surface area (Å²) in [6.07, 6.45) is 4.48. The molecule has 182 valence electrons. The number of carbonyl (C=O) groups excluding carboxylic acids is 2. The van der Waals surface area contributed by atoms with Gasteiger partial charge in [-0.15, -0.1) is 6.58 Å². The quantitative estimate of drug-likeness (QED) is 0.481. The minimum absolute atomic E-state index is 0.158. The Morgan fingerprint density at radius 2 is 1.68 bits per heavy atom. The number of nitrogens with zero attached hydrogens (tertiary/aromatic N) is 1. The average molecular weight is 484 g/mol. The molecule has 0 spiro atoms. The van der Waals surface area contributed by atoms with Crippen molar-refractivity contribution in [2.24, 2.45) is 0 Å². The summed E-state index contributed by atoms with van der Waals surface area (Å²) in [4.78, 5) is 26.0. The molecule has 1 fully saturated rings. The van der Waals surface area contributed by atoms with Crippen LogP contribution in [0.3, 0.4) is 0 Å². The van der Waals surface area contributed by atoms with Gasteiger partial charge in [0, 0.05) is 13.1 Å². The van der Waals surface area contributed by atoms with Crippen molar-refractivity contribution in [3.8, 4) is 0 Å². The Labute approximate surface area is 202 Å². The maximum atomic E-state index is 13.3. The van der Waals surface area contributed by atoms with Gasteiger partial charge in [-0.3, -0.25) is 9.59 Å². The van der Waals surface area contributed by atoms with Crippen LogP contribution in [-0.4, -0.2) is 49.7 Å². The second-order valence-electron chi connectivity index (χ2n) is 8.48. The Kier molecular flexibility index (Phi) is 9.42. The van der Waals surface area contributed by atoms with Gasteiger partial charge in [-0.25, -0.2) is 8.42 Å². The van der Waals surface area contributed by atoms with Crippen LogP contribution in [0.15, 0.2) is 73.3 Å². The second-order valence-corrected chi connectivity index (χ2v) is 10.4. The fourth-order valence-electron chi connectivity index (χ4n) is 4.16. The van der Waals surface area contributed by atoms with Crippen LogP contribution in [0.5, 0.6) is 0 Å². The normalized spacial score (nSPS) is 17.5. The van der Waals surface area contributed by atoms with Crippen LogP contribution in [0.2, 0.25) is 0 Å². The first-order chi connectivity index (χ1) is 16.4. The summed E-state index contributed by atoms with van der Waals surface area (Å²) in [6.45, 7) is 4.20. The summed E-state index contributed by atoms with van der Waals surface area (Å²) in [5.41, 5.74) is 1.74. The molecule has 1 heterocycles. The third-order valence-electron chi connectivity index (χ3n) is 5.92. The minimum Gasteiger partial charge on any atom is -0.351 e. The van der Waals surface area contributed by atoms with Gasteiger partial charge in [0.15, 0.2) is 0 Å². The highest BCUT2D eigenvalue weighted by atomic mass is 32.2. The number of hydrogen-bond acceptors (Lipinski definition) is 4. The van der Waals surface area contributed by atoms with Gasteiger partial charge in [-0.1, -0.05) is 73.2 Å². The Bertz CT molecular complexity index is 1060. The van der Waals surface area contributed by atoms with Crippen molar-refractivity contribution >= 4 is 21.8 Å². The molecule has 2 atom stereocenters. The van der Waals surface area contributed by atoms with Gasteiger partial charge in [0.1, 0.15) is 12.1 Å². The van der Waals surface area contributed by atoms with E-state index < -0.39 is 28.0 Å². The van der Waals surface area contributed by atoms with E-state index in [9.17, 15) is 18.0 Å². The highest BCUT2D eigenvalue weighted by Gasteiger charge is 2.38. The molecule has 7 nitrogen and oxygen atoms in total. The number of rotatable bonds is 11. The highest BCUT2D eigenvalue weighted by Crippen LogP contribution is 2.23. The molecule has 0 aliphatic carbocycles. The summed E-state index contributed by atoms with van der Waals surface area (Å²) >= 11 is 0. The first-order valence-electron chi connectivity index (χ1n) is 11.7. The molecule has 8 heteroatoms. The van der Waals surface area contributed by atoms with Crippen molar-refractivity contribution < 1.29 is 18.0 Å². The summed E-state index contributed by atoms with van der Waals surface area (Å²) in [7, 11) is -3.70. The van der Waals surface area contributed by atoms with E-state index in [1.807, 2.05) is 36.4 Å². The van der Waals surface area contributed by atoms with Crippen molar-refractivity contribution in [2.75, 3.05) is 13.1 Å². The molecule has 0 aromatic heterocycles. The molecule has 1 aliphatic rings. The third kappa shape index (κ3) is 7.27. The molecule has 1 aliphatic heterocycles. The SMILES string of the molecule is C=CCNC(=O)[C@H](CCc1ccccc1)NC(=O)[C@@H]1CCCCN1S(=O)(=O)Cc1ccccc1. The van der Waals surface area contributed by atoms with E-state index in [0.717, 1.165) is 12.0 Å². The Balaban J connectivity index is 1.73. The number of carbonyl (C=O) groups is 2. The van der Waals surface area contributed by atoms with Crippen LogP contribution in [-0.2, 0) is 31.8 Å². The number of sulfonamides is 1. The number of amides is 2. The standard InChI is InChI=1S/C26H33N3O4S/c1-2-18-27-25(30)23(17-16-21-11-5-3-6-12-21)28-26(31)24-15-9-10-19-29(24)34(32,33)20-22-13-7-4-8-14-22/h2-8,11-14,23-24H,1,9-10,15-20H2,(H,27,30)(H,28,31)/t23-,24-/m0/s1. The molecule has 0 radical (unpaired) electrons. The summed E-state index contributed by atoms with van der Waals surface area (Å²) < 4.78 is 27.7. The lowest BCUT2D eigenvalue weighted by Gasteiger charge is -2.34. The molecule has 1 saturated heterocycles. The smallest absolute Gasteiger partial charge is 0.242 e. The zero-order valence-electron chi connectivity index (χ0n) is 19.4. The van der Waals surface area contributed by atoms with E-state index in [1.54, 1.807) is 30.3 Å². The molecule has 2 N–H and O–H groups in total. The largest absolute Gasteiger partial charge is 0.351 e. The first kappa shape index (κ1) is 25.6. The lowest BCUT2D eigenvalue weighted by Crippen LogP contribution is -2.56. The number of aryl methyl sites for hydroxylation is 1. The molecule has 3 rings (SSSR count). The van der Waals surface area contributed by atoms with Crippen molar-refractivity contribution in [3.63, 3.8) is 0 Å². The van der Waals surface area contributed by atoms with E-state index in [0.29, 0.717) is 37.8 Å². The van der Waals surface area contributed by atoms with Gasteiger partial charge >= 0.3 is 0 Å². The zero-order chi connectivity index (χ0) is 24.4. The van der Waals surface area contributed by atoms with Crippen molar-refractivity contribution in [2.45, 2.75) is 49.9 Å². The van der Waals surface area contributed by atoms with Crippen LogP contribution >= 0.6 is 0 Å². The van der Waals surface area contributed by atoms with Gasteiger partial charge in [0.05, 0.1) is 5.75 Å². The Hall–Kier alpha value is -2.97. The fraction of sp³-hybridized carbons (Fsp3) is 0.385. The average Bonchev–Trinajstić information content (AvgIpc) is 2.86. The summed E-state index contributed by atoms with van der Waals surface area (Å²) in [5, 5.41) is 5.59. The molecule has 34 heavy (non-hydrogen) atoms. The lowest BCUT2D eigenvalue weighted by atomic mass is 10.0. The molecule has 0 saturated carbocycles. The van der Waals surface area contributed by atoms with Gasteiger partial charge in [-0.05, 0) is 36.8 Å². The lowest BCUT2D eigenvalue weighted by molar-refractivity contribution is -0.131. The van der Waals surface area contributed by atoms with Crippen molar-refractivity contribution in [1.29, 1.82) is 0 Å².